The lowest BCUT2D eigenvalue weighted by Gasteiger charge is -1.77. The number of thiocarbonyl (C=S) groups is 1. The Morgan fingerprint density at radius 3 is 2.86 bits per heavy atom. The molecule has 0 bridgehead atoms. The topological polar surface area (TPSA) is 17.8 Å². The van der Waals surface area contributed by atoms with E-state index in [1.165, 1.54) is 4.68 Å². The molecule has 0 aliphatic heterocycles. The summed E-state index contributed by atoms with van der Waals surface area (Å²) < 4.78 is 1.44. The van der Waals surface area contributed by atoms with Gasteiger partial charge in [0.1, 0.15) is 0 Å². The van der Waals surface area contributed by atoms with Crippen LogP contribution in [0.4, 0.5) is 0 Å². The average Bonchev–Trinajstić information content (AvgIpc) is 2.14. The Morgan fingerprint density at radius 1 is 1.71 bits per heavy atom. The lowest BCUT2D eigenvalue weighted by molar-refractivity contribution is 0.970. The monoisotopic (exact) mass is 111 g/mol. The van der Waals surface area contributed by atoms with Gasteiger partial charge in [0.25, 0.3) is 0 Å². The van der Waals surface area contributed by atoms with Crippen LogP contribution in [0.3, 0.4) is 0 Å². The lowest BCUT2D eigenvalue weighted by Crippen LogP contribution is -1.90. The Hall–Kier alpha value is -0.700. The van der Waals surface area contributed by atoms with Gasteiger partial charge >= 0.3 is 0 Å². The molecule has 0 fully saturated rings. The van der Waals surface area contributed by atoms with Gasteiger partial charge in [-0.25, -0.2) is 4.68 Å². The summed E-state index contributed by atoms with van der Waals surface area (Å²) in [6.07, 6.45) is 3.38. The Balaban J connectivity index is 2.96. The third kappa shape index (κ3) is 0.838. The molecule has 0 aliphatic rings. The van der Waals surface area contributed by atoms with E-state index in [4.69, 9.17) is 0 Å². The summed E-state index contributed by atoms with van der Waals surface area (Å²) in [5, 5.41) is 3.74. The summed E-state index contributed by atoms with van der Waals surface area (Å²) in [5.74, 6) is 0. The molecule has 1 rings (SSSR count). The maximum Gasteiger partial charge on any atom is 0.164 e. The van der Waals surface area contributed by atoms with Gasteiger partial charge in [0.2, 0.25) is 0 Å². The first kappa shape index (κ1) is 4.46. The van der Waals surface area contributed by atoms with Crippen LogP contribution in [-0.2, 0) is 0 Å². The van der Waals surface area contributed by atoms with Crippen molar-refractivity contribution >= 4 is 17.7 Å². The molecule has 35 valence electrons. The van der Waals surface area contributed by atoms with Gasteiger partial charge in [0.05, 0.1) is 0 Å². The van der Waals surface area contributed by atoms with Crippen molar-refractivity contribution in [2.24, 2.45) is 0 Å². The maximum absolute atomic E-state index is 4.42. The zero-order chi connectivity index (χ0) is 5.11. The van der Waals surface area contributed by atoms with E-state index in [-0.39, 0.29) is 0 Å². The predicted molar refractivity (Wildman–Crippen MR) is 30.2 cm³/mol. The summed E-state index contributed by atoms with van der Waals surface area (Å²) in [6.45, 7) is 0. The second kappa shape index (κ2) is 1.84. The Morgan fingerprint density at radius 2 is 2.57 bits per heavy atom. The van der Waals surface area contributed by atoms with E-state index in [0.717, 1.165) is 0 Å². The molecule has 0 saturated heterocycles. The van der Waals surface area contributed by atoms with Crippen LogP contribution < -0.4 is 0 Å². The Labute approximate surface area is 46.8 Å². The highest BCUT2D eigenvalue weighted by Gasteiger charge is 1.76. The summed E-state index contributed by atoms with van der Waals surface area (Å²) >= 11 is 4.42. The molecule has 0 atom stereocenters. The van der Waals surface area contributed by atoms with Gasteiger partial charge in [0.15, 0.2) is 5.49 Å². The Bertz CT molecular complexity index is 145. The van der Waals surface area contributed by atoms with E-state index in [1.54, 1.807) is 18.5 Å². The average molecular weight is 111 g/mol. The van der Waals surface area contributed by atoms with Gasteiger partial charge in [-0.15, -0.1) is 0 Å². The van der Waals surface area contributed by atoms with E-state index in [9.17, 15) is 0 Å². The second-order valence-electron chi connectivity index (χ2n) is 1.04. The van der Waals surface area contributed by atoms with Crippen molar-refractivity contribution in [2.45, 2.75) is 0 Å². The molecule has 0 aliphatic carbocycles. The highest BCUT2D eigenvalue weighted by molar-refractivity contribution is 7.78. The first-order chi connectivity index (χ1) is 3.43. The van der Waals surface area contributed by atoms with Crippen LogP contribution in [0.2, 0.25) is 0 Å². The number of hydrogen-bond donors (Lipinski definition) is 0. The number of rotatable bonds is 1. The van der Waals surface area contributed by atoms with E-state index in [0.29, 0.717) is 0 Å². The van der Waals surface area contributed by atoms with E-state index in [2.05, 4.69) is 22.8 Å². The van der Waals surface area contributed by atoms with Crippen LogP contribution in [0.25, 0.3) is 0 Å². The van der Waals surface area contributed by atoms with Gasteiger partial charge in [-0.05, 0) is 6.07 Å². The minimum atomic E-state index is 1.44. The van der Waals surface area contributed by atoms with Crippen molar-refractivity contribution in [2.75, 3.05) is 0 Å². The van der Waals surface area contributed by atoms with Crippen LogP contribution in [0.1, 0.15) is 0 Å². The summed E-state index contributed by atoms with van der Waals surface area (Å²) in [7, 11) is 0. The standard InChI is InChI=1S/C4H3N2S/c7-4-6-3-1-2-5-6/h1-3H. The first-order valence-electron chi connectivity index (χ1n) is 1.81. The zero-order valence-corrected chi connectivity index (χ0v) is 4.35. The third-order valence-electron chi connectivity index (χ3n) is 0.598. The molecule has 0 amide bonds. The molecular formula is C4H3N2S. The van der Waals surface area contributed by atoms with Crippen molar-refractivity contribution in [3.8, 4) is 0 Å². The number of nitrogens with zero attached hydrogens (tertiary/aromatic N) is 2. The smallest absolute Gasteiger partial charge is 0.164 e. The van der Waals surface area contributed by atoms with Crippen molar-refractivity contribution < 1.29 is 0 Å². The first-order valence-corrected chi connectivity index (χ1v) is 2.22. The fourth-order valence-corrected chi connectivity index (χ4v) is 0.431. The molecule has 1 heterocycles. The van der Waals surface area contributed by atoms with Gasteiger partial charge in [-0.1, -0.05) is 12.2 Å². The molecule has 0 N–H and O–H groups in total. The molecule has 7 heavy (non-hydrogen) atoms. The molecule has 3 heteroatoms. The molecule has 2 nitrogen and oxygen atoms in total. The van der Waals surface area contributed by atoms with Crippen molar-refractivity contribution in [3.05, 3.63) is 18.5 Å². The highest BCUT2D eigenvalue weighted by Crippen LogP contribution is 1.75. The molecular weight excluding hydrogens is 108 g/mol. The molecule has 0 saturated carbocycles. The van der Waals surface area contributed by atoms with Gasteiger partial charge in [-0.2, -0.15) is 5.10 Å². The quantitative estimate of drug-likeness (QED) is 0.493. The van der Waals surface area contributed by atoms with Gasteiger partial charge in [0, 0.05) is 12.4 Å². The number of hydrogen-bond acceptors (Lipinski definition) is 2. The maximum atomic E-state index is 4.42. The third-order valence-corrected chi connectivity index (χ3v) is 0.785. The van der Waals surface area contributed by atoms with E-state index in [1.807, 2.05) is 0 Å². The molecule has 0 aromatic carbocycles. The van der Waals surface area contributed by atoms with Crippen molar-refractivity contribution in [1.82, 2.24) is 9.78 Å². The molecule has 1 aromatic heterocycles. The minimum absolute atomic E-state index is 1.44. The van der Waals surface area contributed by atoms with E-state index >= 15 is 0 Å². The van der Waals surface area contributed by atoms with Gasteiger partial charge < -0.3 is 0 Å². The normalized spacial score (nSPS) is 8.57. The predicted octanol–water partition coefficient (Wildman–Crippen LogP) is 0.565. The van der Waals surface area contributed by atoms with Crippen molar-refractivity contribution in [3.63, 3.8) is 0 Å². The summed E-state index contributed by atoms with van der Waals surface area (Å²) in [6, 6.07) is 1.79. The fourth-order valence-electron chi connectivity index (χ4n) is 0.323. The summed E-state index contributed by atoms with van der Waals surface area (Å²) in [4.78, 5) is 0. The van der Waals surface area contributed by atoms with Crippen LogP contribution in [0.5, 0.6) is 0 Å². The van der Waals surface area contributed by atoms with Crippen LogP contribution in [0.15, 0.2) is 18.5 Å². The van der Waals surface area contributed by atoms with E-state index < -0.39 is 0 Å². The largest absolute Gasteiger partial charge is 0.227 e. The van der Waals surface area contributed by atoms with Gasteiger partial charge in [-0.3, -0.25) is 0 Å². The molecule has 1 radical (unpaired) electrons. The Kier molecular flexibility index (Phi) is 1.17. The highest BCUT2D eigenvalue weighted by atomic mass is 32.1. The molecule has 0 spiro atoms. The van der Waals surface area contributed by atoms with Crippen LogP contribution >= 0.6 is 12.2 Å². The molecule has 1 aromatic rings. The number of aromatic nitrogens is 2. The SMILES string of the molecule is S=[C]n1cccn1. The molecule has 0 unspecified atom stereocenters. The zero-order valence-electron chi connectivity index (χ0n) is 3.53. The van der Waals surface area contributed by atoms with Crippen LogP contribution in [0, 0.1) is 0 Å². The van der Waals surface area contributed by atoms with Crippen LogP contribution in [-0.4, -0.2) is 15.3 Å². The second-order valence-corrected chi connectivity index (χ2v) is 1.22. The minimum Gasteiger partial charge on any atom is -0.227 e. The lowest BCUT2D eigenvalue weighted by atomic mass is 10.8. The fraction of sp³-hybridized carbons (Fsp3) is 0. The summed E-state index contributed by atoms with van der Waals surface area (Å²) in [5.41, 5.74) is 2.40. The van der Waals surface area contributed by atoms with Crippen molar-refractivity contribution in [1.29, 1.82) is 0 Å².